The van der Waals surface area contributed by atoms with E-state index in [1.807, 2.05) is 61.1 Å². The number of hydrogen-bond donors (Lipinski definition) is 1. The Hall–Kier alpha value is -2.97. The molecule has 28 heavy (non-hydrogen) atoms. The maximum atomic E-state index is 12.5. The molecule has 0 atom stereocenters. The summed E-state index contributed by atoms with van der Waals surface area (Å²) in [5, 5.41) is 11.4. The zero-order chi connectivity index (χ0) is 19.5. The molecule has 0 radical (unpaired) electrons. The fourth-order valence-electron chi connectivity index (χ4n) is 2.68. The Bertz CT molecular complexity index is 1110. The molecule has 3 heterocycles. The second-order valence-corrected chi connectivity index (χ2v) is 7.97. The first-order valence-electron chi connectivity index (χ1n) is 8.61. The van der Waals surface area contributed by atoms with Gasteiger partial charge in [-0.2, -0.15) is 5.10 Å². The lowest BCUT2D eigenvalue weighted by Gasteiger charge is -2.07. The summed E-state index contributed by atoms with van der Waals surface area (Å²) in [6.07, 6.45) is 1.72. The largest absolute Gasteiger partial charge is 0.489 e. The lowest BCUT2D eigenvalue weighted by Crippen LogP contribution is -2.10. The van der Waals surface area contributed by atoms with E-state index in [1.165, 1.54) is 22.7 Å². The quantitative estimate of drug-likeness (QED) is 0.498. The van der Waals surface area contributed by atoms with Crippen molar-refractivity contribution in [1.29, 1.82) is 0 Å². The predicted molar refractivity (Wildman–Crippen MR) is 112 cm³/mol. The predicted octanol–water partition coefficient (Wildman–Crippen LogP) is 4.74. The van der Waals surface area contributed by atoms with Crippen molar-refractivity contribution in [2.75, 3.05) is 5.32 Å². The Morgan fingerprint density at radius 1 is 1.21 bits per heavy atom. The first-order chi connectivity index (χ1) is 13.6. The summed E-state index contributed by atoms with van der Waals surface area (Å²) in [6.45, 7) is 2.44. The minimum atomic E-state index is -0.168. The molecule has 6 nitrogen and oxygen atoms in total. The molecule has 0 unspecified atom stereocenters. The van der Waals surface area contributed by atoms with Crippen LogP contribution in [0.3, 0.4) is 0 Å². The van der Waals surface area contributed by atoms with Gasteiger partial charge in [-0.3, -0.25) is 14.8 Å². The minimum Gasteiger partial charge on any atom is -0.489 e. The monoisotopic (exact) mass is 410 g/mol. The molecule has 142 valence electrons. The van der Waals surface area contributed by atoms with Crippen LogP contribution in [0.4, 0.5) is 5.13 Å². The van der Waals surface area contributed by atoms with Crippen LogP contribution >= 0.6 is 22.7 Å². The molecule has 0 aliphatic rings. The molecule has 0 saturated heterocycles. The molecule has 4 rings (SSSR count). The zero-order valence-corrected chi connectivity index (χ0v) is 17.0. The van der Waals surface area contributed by atoms with Crippen molar-refractivity contribution in [3.05, 3.63) is 69.4 Å². The Morgan fingerprint density at radius 3 is 2.86 bits per heavy atom. The summed E-state index contributed by atoms with van der Waals surface area (Å²) in [6, 6.07) is 11.6. The average molecular weight is 411 g/mol. The number of hydrogen-bond acceptors (Lipinski definition) is 6. The van der Waals surface area contributed by atoms with Crippen molar-refractivity contribution in [1.82, 2.24) is 14.8 Å². The van der Waals surface area contributed by atoms with E-state index in [-0.39, 0.29) is 5.91 Å². The number of rotatable bonds is 6. The zero-order valence-electron chi connectivity index (χ0n) is 15.4. The molecule has 8 heteroatoms. The summed E-state index contributed by atoms with van der Waals surface area (Å²) in [5.41, 5.74) is 3.75. The third-order valence-corrected chi connectivity index (χ3v) is 5.91. The first kappa shape index (κ1) is 18.4. The highest BCUT2D eigenvalue weighted by Gasteiger charge is 2.14. The van der Waals surface area contributed by atoms with Crippen LogP contribution in [0.15, 0.2) is 53.4 Å². The van der Waals surface area contributed by atoms with Gasteiger partial charge >= 0.3 is 0 Å². The lowest BCUT2D eigenvalue weighted by atomic mass is 10.2. The van der Waals surface area contributed by atoms with Gasteiger partial charge in [-0.05, 0) is 36.1 Å². The molecule has 0 bridgehead atoms. The van der Waals surface area contributed by atoms with E-state index in [0.29, 0.717) is 16.6 Å². The van der Waals surface area contributed by atoms with Gasteiger partial charge < -0.3 is 4.74 Å². The number of thiophene rings is 1. The fourth-order valence-corrected chi connectivity index (χ4v) is 4.17. The number of carbonyl (C=O) groups excluding carboxylic acids is 1. The SMILES string of the molecule is Cc1ccccc1OCc1csc(C(=O)Nc2nc(-c3ccnn3C)cs2)c1. The topological polar surface area (TPSA) is 69.0 Å². The van der Waals surface area contributed by atoms with Gasteiger partial charge in [0.2, 0.25) is 0 Å². The number of thiazole rings is 1. The van der Waals surface area contributed by atoms with E-state index in [2.05, 4.69) is 15.4 Å². The molecule has 1 aromatic carbocycles. The molecule has 0 aliphatic heterocycles. The van der Waals surface area contributed by atoms with Gasteiger partial charge in [0, 0.05) is 24.2 Å². The van der Waals surface area contributed by atoms with Crippen LogP contribution in [0.5, 0.6) is 5.75 Å². The molecular weight excluding hydrogens is 392 g/mol. The number of aromatic nitrogens is 3. The number of amides is 1. The standard InChI is InChI=1S/C20H18N4O2S2/c1-13-5-3-4-6-17(13)26-10-14-9-18(27-11-14)19(25)23-20-22-15(12-28-20)16-7-8-21-24(16)2/h3-9,11-12H,10H2,1-2H3,(H,22,23,25). The highest BCUT2D eigenvalue weighted by molar-refractivity contribution is 7.14. The highest BCUT2D eigenvalue weighted by atomic mass is 32.1. The van der Waals surface area contributed by atoms with E-state index in [9.17, 15) is 4.79 Å². The van der Waals surface area contributed by atoms with E-state index >= 15 is 0 Å². The van der Waals surface area contributed by atoms with Crippen LogP contribution in [-0.2, 0) is 13.7 Å². The van der Waals surface area contributed by atoms with Crippen molar-refractivity contribution in [2.45, 2.75) is 13.5 Å². The van der Waals surface area contributed by atoms with Gasteiger partial charge in [-0.25, -0.2) is 4.98 Å². The summed E-state index contributed by atoms with van der Waals surface area (Å²) < 4.78 is 7.60. The van der Waals surface area contributed by atoms with Crippen molar-refractivity contribution < 1.29 is 9.53 Å². The summed E-state index contributed by atoms with van der Waals surface area (Å²) in [7, 11) is 1.86. The van der Waals surface area contributed by atoms with Crippen molar-refractivity contribution in [2.24, 2.45) is 7.05 Å². The molecular formula is C20H18N4O2S2. The maximum absolute atomic E-state index is 12.5. The van der Waals surface area contributed by atoms with E-state index in [0.717, 1.165) is 28.3 Å². The number of nitrogens with one attached hydrogen (secondary N) is 1. The van der Waals surface area contributed by atoms with Crippen molar-refractivity contribution >= 4 is 33.7 Å². The van der Waals surface area contributed by atoms with Crippen molar-refractivity contribution in [3.63, 3.8) is 0 Å². The van der Waals surface area contributed by atoms with E-state index < -0.39 is 0 Å². The second kappa shape index (κ2) is 7.95. The Balaban J connectivity index is 1.39. The van der Waals surface area contributed by atoms with Crippen LogP contribution in [0.1, 0.15) is 20.8 Å². The first-order valence-corrected chi connectivity index (χ1v) is 10.4. The second-order valence-electron chi connectivity index (χ2n) is 6.21. The van der Waals surface area contributed by atoms with Crippen molar-refractivity contribution in [3.8, 4) is 17.1 Å². The minimum absolute atomic E-state index is 0.168. The fraction of sp³-hybridized carbons (Fsp3) is 0.150. The third-order valence-electron chi connectivity index (χ3n) is 4.17. The molecule has 0 saturated carbocycles. The number of ether oxygens (including phenoxy) is 1. The summed E-state index contributed by atoms with van der Waals surface area (Å²) in [5.74, 6) is 0.684. The van der Waals surface area contributed by atoms with Crippen LogP contribution in [0, 0.1) is 6.92 Å². The number of benzene rings is 1. The van der Waals surface area contributed by atoms with Crippen LogP contribution in [0.25, 0.3) is 11.4 Å². The van der Waals surface area contributed by atoms with Gasteiger partial charge in [-0.1, -0.05) is 18.2 Å². The Kier molecular flexibility index (Phi) is 5.23. The van der Waals surface area contributed by atoms with Crippen LogP contribution in [-0.4, -0.2) is 20.7 Å². The molecule has 1 N–H and O–H groups in total. The average Bonchev–Trinajstić information content (AvgIpc) is 3.42. The molecule has 0 aliphatic carbocycles. The molecule has 3 aromatic heterocycles. The van der Waals surface area contributed by atoms with Gasteiger partial charge in [0.1, 0.15) is 18.1 Å². The van der Waals surface area contributed by atoms with Gasteiger partial charge in [0.15, 0.2) is 5.13 Å². The third kappa shape index (κ3) is 3.97. The number of anilines is 1. The van der Waals surface area contributed by atoms with Gasteiger partial charge in [0.05, 0.1) is 10.6 Å². The molecule has 1 amide bonds. The molecule has 0 spiro atoms. The molecule has 4 aromatic rings. The Morgan fingerprint density at radius 2 is 2.07 bits per heavy atom. The van der Waals surface area contributed by atoms with E-state index in [4.69, 9.17) is 4.74 Å². The highest BCUT2D eigenvalue weighted by Crippen LogP contribution is 2.26. The summed E-state index contributed by atoms with van der Waals surface area (Å²) in [4.78, 5) is 17.6. The lowest BCUT2D eigenvalue weighted by molar-refractivity contribution is 0.103. The van der Waals surface area contributed by atoms with E-state index in [1.54, 1.807) is 10.9 Å². The number of aryl methyl sites for hydroxylation is 2. The number of para-hydroxylation sites is 1. The van der Waals surface area contributed by atoms with Crippen LogP contribution in [0.2, 0.25) is 0 Å². The maximum Gasteiger partial charge on any atom is 0.267 e. The smallest absolute Gasteiger partial charge is 0.267 e. The molecule has 0 fully saturated rings. The summed E-state index contributed by atoms with van der Waals surface area (Å²) >= 11 is 2.79. The van der Waals surface area contributed by atoms with Gasteiger partial charge in [0.25, 0.3) is 5.91 Å². The number of nitrogens with zero attached hydrogens (tertiary/aromatic N) is 3. The van der Waals surface area contributed by atoms with Crippen LogP contribution < -0.4 is 10.1 Å². The number of carbonyl (C=O) groups is 1. The normalized spacial score (nSPS) is 10.8. The van der Waals surface area contributed by atoms with Gasteiger partial charge in [-0.15, -0.1) is 22.7 Å². The Labute approximate surface area is 170 Å².